The predicted molar refractivity (Wildman–Crippen MR) is 110 cm³/mol. The first kappa shape index (κ1) is 19.3. The van der Waals surface area contributed by atoms with Crippen LogP contribution in [0.15, 0.2) is 70.2 Å². The van der Waals surface area contributed by atoms with Crippen LogP contribution in [-0.2, 0) is 29.4 Å². The third-order valence-corrected chi connectivity index (χ3v) is 6.53. The number of sulfonamides is 1. The largest absolute Gasteiger partial charge is 0.459 e. The molecule has 7 heteroatoms. The monoisotopic (exact) mass is 410 g/mol. The third kappa shape index (κ3) is 4.05. The average molecular weight is 410 g/mol. The number of carbonyl (C=O) groups excluding carboxylic acids is 1. The number of hydrogen-bond acceptors (Lipinski definition) is 4. The van der Waals surface area contributed by atoms with Crippen LogP contribution in [0.4, 0.5) is 5.69 Å². The first-order valence-corrected chi connectivity index (χ1v) is 11.0. The second-order valence-corrected chi connectivity index (χ2v) is 8.72. The fourth-order valence-electron chi connectivity index (χ4n) is 3.47. The maximum atomic E-state index is 12.7. The molecule has 1 N–H and O–H groups in total. The quantitative estimate of drug-likeness (QED) is 0.693. The Kier molecular flexibility index (Phi) is 5.15. The minimum Gasteiger partial charge on any atom is -0.459 e. The number of rotatable bonds is 5. The summed E-state index contributed by atoms with van der Waals surface area (Å²) in [4.78, 5) is 14.5. The van der Waals surface area contributed by atoms with Crippen molar-refractivity contribution in [3.63, 3.8) is 0 Å². The van der Waals surface area contributed by atoms with Crippen molar-refractivity contribution in [1.82, 2.24) is 4.90 Å². The minimum absolute atomic E-state index is 0.164. The zero-order chi connectivity index (χ0) is 20.4. The molecule has 1 amide bonds. The predicted octanol–water partition coefficient (Wildman–Crippen LogP) is 3.84. The van der Waals surface area contributed by atoms with E-state index in [4.69, 9.17) is 4.42 Å². The molecular formula is C22H22N2O4S. The van der Waals surface area contributed by atoms with Gasteiger partial charge in [-0.05, 0) is 65.9 Å². The van der Waals surface area contributed by atoms with Crippen LogP contribution in [0.2, 0.25) is 0 Å². The van der Waals surface area contributed by atoms with Crippen LogP contribution < -0.4 is 4.72 Å². The highest BCUT2D eigenvalue weighted by atomic mass is 32.2. The molecular weight excluding hydrogens is 388 g/mol. The van der Waals surface area contributed by atoms with Gasteiger partial charge in [-0.25, -0.2) is 8.42 Å². The van der Waals surface area contributed by atoms with Gasteiger partial charge in [-0.3, -0.25) is 9.52 Å². The maximum absolute atomic E-state index is 12.7. The molecule has 0 bridgehead atoms. The first-order valence-electron chi connectivity index (χ1n) is 9.52. The van der Waals surface area contributed by atoms with E-state index in [-0.39, 0.29) is 10.8 Å². The summed E-state index contributed by atoms with van der Waals surface area (Å²) in [6.07, 6.45) is 3.05. The van der Waals surface area contributed by atoms with Crippen molar-refractivity contribution in [2.75, 3.05) is 11.3 Å². The lowest BCUT2D eigenvalue weighted by Gasteiger charge is -2.28. The van der Waals surface area contributed by atoms with E-state index < -0.39 is 10.0 Å². The number of aryl methyl sites for hydroxylation is 1. The maximum Gasteiger partial charge on any atom is 0.289 e. The summed E-state index contributed by atoms with van der Waals surface area (Å²) >= 11 is 0. The fraction of sp³-hybridized carbons (Fsp3) is 0.227. The number of furan rings is 1. The van der Waals surface area contributed by atoms with Crippen LogP contribution in [0.3, 0.4) is 0 Å². The van der Waals surface area contributed by atoms with Gasteiger partial charge in [-0.1, -0.05) is 25.1 Å². The van der Waals surface area contributed by atoms with Crippen molar-refractivity contribution in [3.05, 3.63) is 83.3 Å². The van der Waals surface area contributed by atoms with Gasteiger partial charge in [0.2, 0.25) is 0 Å². The summed E-state index contributed by atoms with van der Waals surface area (Å²) in [5.74, 6) is 0.142. The van der Waals surface area contributed by atoms with E-state index >= 15 is 0 Å². The van der Waals surface area contributed by atoms with Crippen molar-refractivity contribution in [2.24, 2.45) is 0 Å². The molecule has 1 aliphatic rings. The van der Waals surface area contributed by atoms with Crippen molar-refractivity contribution >= 4 is 21.6 Å². The van der Waals surface area contributed by atoms with Gasteiger partial charge >= 0.3 is 0 Å². The average Bonchev–Trinajstić information content (AvgIpc) is 3.27. The van der Waals surface area contributed by atoms with E-state index in [0.29, 0.717) is 31.0 Å². The molecule has 0 fully saturated rings. The summed E-state index contributed by atoms with van der Waals surface area (Å²) in [6.45, 7) is 3.03. The van der Waals surface area contributed by atoms with Crippen LogP contribution in [-0.4, -0.2) is 25.8 Å². The van der Waals surface area contributed by atoms with Gasteiger partial charge in [-0.15, -0.1) is 0 Å². The van der Waals surface area contributed by atoms with Gasteiger partial charge < -0.3 is 9.32 Å². The number of carbonyl (C=O) groups is 1. The molecule has 0 unspecified atom stereocenters. The molecule has 0 radical (unpaired) electrons. The summed E-state index contributed by atoms with van der Waals surface area (Å²) in [6, 6.07) is 15.7. The Labute approximate surface area is 170 Å². The normalized spacial score (nSPS) is 13.8. The molecule has 1 aliphatic heterocycles. The van der Waals surface area contributed by atoms with Crippen LogP contribution in [0.1, 0.15) is 34.2 Å². The van der Waals surface area contributed by atoms with E-state index in [1.807, 2.05) is 25.1 Å². The van der Waals surface area contributed by atoms with E-state index in [9.17, 15) is 13.2 Å². The minimum atomic E-state index is -3.68. The number of nitrogens with one attached hydrogen (secondary N) is 1. The molecule has 1 aromatic heterocycles. The van der Waals surface area contributed by atoms with Crippen molar-refractivity contribution in [3.8, 4) is 0 Å². The van der Waals surface area contributed by atoms with Gasteiger partial charge in [-0.2, -0.15) is 0 Å². The molecule has 0 spiro atoms. The molecule has 3 aromatic rings. The topological polar surface area (TPSA) is 79.6 Å². The molecule has 2 aromatic carbocycles. The molecule has 6 nitrogen and oxygen atoms in total. The Morgan fingerprint density at radius 2 is 1.90 bits per heavy atom. The van der Waals surface area contributed by atoms with Crippen molar-refractivity contribution in [2.45, 2.75) is 31.2 Å². The highest BCUT2D eigenvalue weighted by molar-refractivity contribution is 7.92. The number of hydrogen-bond donors (Lipinski definition) is 1. The molecule has 0 atom stereocenters. The number of amides is 1. The van der Waals surface area contributed by atoms with Gasteiger partial charge in [0, 0.05) is 18.8 Å². The Morgan fingerprint density at radius 1 is 1.10 bits per heavy atom. The molecule has 29 heavy (non-hydrogen) atoms. The Morgan fingerprint density at radius 3 is 2.59 bits per heavy atom. The lowest BCUT2D eigenvalue weighted by atomic mass is 9.99. The van der Waals surface area contributed by atoms with Crippen LogP contribution in [0.25, 0.3) is 0 Å². The van der Waals surface area contributed by atoms with Gasteiger partial charge in [0.15, 0.2) is 5.76 Å². The van der Waals surface area contributed by atoms with Gasteiger partial charge in [0.05, 0.1) is 11.2 Å². The third-order valence-electron chi connectivity index (χ3n) is 5.13. The van der Waals surface area contributed by atoms with E-state index in [2.05, 4.69) is 4.72 Å². The second kappa shape index (κ2) is 7.75. The lowest BCUT2D eigenvalue weighted by Crippen LogP contribution is -2.35. The Hall–Kier alpha value is -3.06. The standard InChI is InChI=1S/C22H22N2O4S/c1-2-16-5-9-20(10-6-16)29(26,27)23-19-8-7-17-11-12-24(15-18(17)14-19)22(25)21-4-3-13-28-21/h3-10,13-14,23H,2,11-12,15H2,1H3. The number of fused-ring (bicyclic) bond motifs is 1. The highest BCUT2D eigenvalue weighted by Crippen LogP contribution is 2.25. The summed E-state index contributed by atoms with van der Waals surface area (Å²) in [7, 11) is -3.68. The van der Waals surface area contributed by atoms with Crippen LogP contribution in [0.5, 0.6) is 0 Å². The SMILES string of the molecule is CCc1ccc(S(=O)(=O)Nc2ccc3c(c2)CN(C(=O)c2ccco2)CC3)cc1. The zero-order valence-corrected chi connectivity index (χ0v) is 16.9. The zero-order valence-electron chi connectivity index (χ0n) is 16.1. The van der Waals surface area contributed by atoms with E-state index in [0.717, 1.165) is 23.1 Å². The van der Waals surface area contributed by atoms with E-state index in [1.54, 1.807) is 41.3 Å². The molecule has 2 heterocycles. The van der Waals surface area contributed by atoms with Gasteiger partial charge in [0.25, 0.3) is 15.9 Å². The van der Waals surface area contributed by atoms with Crippen LogP contribution >= 0.6 is 0 Å². The summed E-state index contributed by atoms with van der Waals surface area (Å²) in [5.41, 5.74) is 3.61. The molecule has 4 rings (SSSR count). The highest BCUT2D eigenvalue weighted by Gasteiger charge is 2.24. The molecule has 0 aliphatic carbocycles. The first-order chi connectivity index (χ1) is 14.0. The molecule has 0 saturated heterocycles. The molecule has 0 saturated carbocycles. The van der Waals surface area contributed by atoms with Gasteiger partial charge in [0.1, 0.15) is 0 Å². The number of anilines is 1. The summed E-state index contributed by atoms with van der Waals surface area (Å²) < 4.78 is 33.3. The van der Waals surface area contributed by atoms with Crippen molar-refractivity contribution in [1.29, 1.82) is 0 Å². The summed E-state index contributed by atoms with van der Waals surface area (Å²) in [5, 5.41) is 0. The number of benzene rings is 2. The Bertz CT molecular complexity index is 1120. The second-order valence-electron chi connectivity index (χ2n) is 7.04. The fourth-order valence-corrected chi connectivity index (χ4v) is 4.52. The number of nitrogens with zero attached hydrogens (tertiary/aromatic N) is 1. The molecule has 150 valence electrons. The lowest BCUT2D eigenvalue weighted by molar-refractivity contribution is 0.0702. The van der Waals surface area contributed by atoms with Crippen molar-refractivity contribution < 1.29 is 17.6 Å². The van der Waals surface area contributed by atoms with Crippen LogP contribution in [0, 0.1) is 0 Å². The smallest absolute Gasteiger partial charge is 0.289 e. The van der Waals surface area contributed by atoms with E-state index in [1.165, 1.54) is 6.26 Å². The Balaban J connectivity index is 1.53.